The average molecular weight is 646 g/mol. The number of rotatable bonds is 7. The largest absolute Gasteiger partial charge is 0.478 e. The van der Waals surface area contributed by atoms with Gasteiger partial charge in [-0.15, -0.1) is 0 Å². The molecule has 0 aliphatic carbocycles. The Morgan fingerprint density at radius 2 is 1.62 bits per heavy atom. The van der Waals surface area contributed by atoms with E-state index in [2.05, 4.69) is 20.9 Å². The van der Waals surface area contributed by atoms with Crippen LogP contribution in [0.5, 0.6) is 0 Å². The number of carboxylic acid groups (broad SMARTS) is 1. The Balaban J connectivity index is 1.54. The molecule has 1 aliphatic rings. The summed E-state index contributed by atoms with van der Waals surface area (Å²) in [6, 6.07) is 13.3. The third kappa shape index (κ3) is 5.04. The number of nitrogens with zero attached hydrogens (tertiary/aromatic N) is 2. The van der Waals surface area contributed by atoms with Gasteiger partial charge in [-0.1, -0.05) is 36.4 Å². The maximum atomic E-state index is 14.7. The van der Waals surface area contributed by atoms with Crippen molar-refractivity contribution in [3.63, 3.8) is 0 Å². The molecular formula is C29H20BrF4N3O5. The van der Waals surface area contributed by atoms with Crippen LogP contribution in [0.2, 0.25) is 0 Å². The minimum Gasteiger partial charge on any atom is -0.478 e. The zero-order valence-electron chi connectivity index (χ0n) is 21.7. The first-order valence-corrected chi connectivity index (χ1v) is 13.2. The number of aromatic amines is 1. The summed E-state index contributed by atoms with van der Waals surface area (Å²) >= 11 is 3.16. The highest BCUT2D eigenvalue weighted by atomic mass is 79.9. The lowest BCUT2D eigenvalue weighted by Crippen LogP contribution is -2.37. The van der Waals surface area contributed by atoms with E-state index in [4.69, 9.17) is 0 Å². The number of H-pyrrole nitrogens is 1. The normalized spacial score (nSPS) is 13.1. The van der Waals surface area contributed by atoms with Crippen molar-refractivity contribution in [1.29, 1.82) is 0 Å². The Labute approximate surface area is 243 Å². The molecule has 0 saturated heterocycles. The van der Waals surface area contributed by atoms with E-state index in [1.807, 2.05) is 0 Å². The van der Waals surface area contributed by atoms with Gasteiger partial charge >= 0.3 is 18.1 Å². The fraction of sp³-hybridized carbons (Fsp3) is 0.172. The molecule has 0 saturated carbocycles. The third-order valence-corrected chi connectivity index (χ3v) is 7.79. The number of nitrogens with one attached hydrogen (secondary N) is 1. The van der Waals surface area contributed by atoms with Crippen LogP contribution in [0.25, 0.3) is 22.2 Å². The summed E-state index contributed by atoms with van der Waals surface area (Å²) in [5, 5.41) is 10.0. The molecule has 216 valence electrons. The van der Waals surface area contributed by atoms with Gasteiger partial charge in [0.05, 0.1) is 26.7 Å². The van der Waals surface area contributed by atoms with Gasteiger partial charge < -0.3 is 15.0 Å². The Kier molecular flexibility index (Phi) is 7.39. The van der Waals surface area contributed by atoms with Crippen molar-refractivity contribution in [2.24, 2.45) is 0 Å². The van der Waals surface area contributed by atoms with Crippen molar-refractivity contribution in [3.05, 3.63) is 92.7 Å². The minimum atomic E-state index is -5.02. The van der Waals surface area contributed by atoms with Gasteiger partial charge in [0.1, 0.15) is 5.82 Å². The lowest BCUT2D eigenvalue weighted by Gasteiger charge is -2.19. The zero-order chi connectivity index (χ0) is 30.5. The van der Waals surface area contributed by atoms with E-state index in [-0.39, 0.29) is 51.6 Å². The summed E-state index contributed by atoms with van der Waals surface area (Å²) in [5.74, 6) is -5.21. The number of hydrogen-bond donors (Lipinski definition) is 2. The molecule has 3 amide bonds. The number of amides is 3. The molecule has 0 radical (unpaired) electrons. The van der Waals surface area contributed by atoms with Gasteiger partial charge in [0.2, 0.25) is 0 Å². The molecule has 13 heteroatoms. The van der Waals surface area contributed by atoms with E-state index in [9.17, 15) is 41.8 Å². The number of aromatic carboxylic acids is 1. The Hall–Kier alpha value is -4.52. The number of aromatic nitrogens is 1. The van der Waals surface area contributed by atoms with Crippen LogP contribution in [0.1, 0.15) is 42.2 Å². The van der Waals surface area contributed by atoms with Crippen LogP contribution in [0.15, 0.2) is 59.1 Å². The monoisotopic (exact) mass is 645 g/mol. The van der Waals surface area contributed by atoms with Gasteiger partial charge in [-0.2, -0.15) is 13.2 Å². The summed E-state index contributed by atoms with van der Waals surface area (Å²) in [6.07, 6.45) is -5.01. The highest BCUT2D eigenvalue weighted by molar-refractivity contribution is 9.10. The number of halogens is 5. The second-order valence-corrected chi connectivity index (χ2v) is 10.5. The topological polar surface area (TPSA) is 111 Å². The minimum absolute atomic E-state index is 0.00370. The van der Waals surface area contributed by atoms with Crippen LogP contribution < -0.4 is 0 Å². The summed E-state index contributed by atoms with van der Waals surface area (Å²) in [5.41, 5.74) is 1.92. The average Bonchev–Trinajstić information content (AvgIpc) is 3.44. The molecule has 3 aromatic carbocycles. The number of fused-ring (bicyclic) bond motifs is 2. The van der Waals surface area contributed by atoms with Crippen molar-refractivity contribution in [1.82, 2.24) is 14.8 Å². The maximum absolute atomic E-state index is 14.7. The van der Waals surface area contributed by atoms with Crippen molar-refractivity contribution in [2.75, 3.05) is 13.6 Å². The summed E-state index contributed by atoms with van der Waals surface area (Å²) in [7, 11) is 1.03. The summed E-state index contributed by atoms with van der Waals surface area (Å²) in [4.78, 5) is 54.2. The molecule has 4 aromatic rings. The highest BCUT2D eigenvalue weighted by Crippen LogP contribution is 2.38. The third-order valence-electron chi connectivity index (χ3n) is 7.02. The van der Waals surface area contributed by atoms with Crippen LogP contribution >= 0.6 is 15.9 Å². The van der Waals surface area contributed by atoms with Crippen LogP contribution in [0.3, 0.4) is 0 Å². The van der Waals surface area contributed by atoms with Crippen LogP contribution in [0, 0.1) is 5.82 Å². The number of hydrogen-bond acceptors (Lipinski definition) is 4. The van der Waals surface area contributed by atoms with E-state index >= 15 is 0 Å². The molecule has 0 atom stereocenters. The molecule has 8 nitrogen and oxygen atoms in total. The molecule has 1 aromatic heterocycles. The van der Waals surface area contributed by atoms with Crippen LogP contribution in [-0.2, 0) is 17.8 Å². The van der Waals surface area contributed by atoms with E-state index < -0.39 is 35.7 Å². The number of carbonyl (C=O) groups excluding carboxylic acids is 3. The quantitative estimate of drug-likeness (QED) is 0.195. The standard InChI is InChI=1S/C29H20BrF4N3O5/c1-36(28(42)29(32,33)34)13-14-6-8-15(9-7-14)23-18(21-19(27(40)41)12-20(31)22(30)24(21)35-23)10-11-37-25(38)16-4-2-3-5-17(16)26(37)39/h2-9,12,35H,10-11,13H2,1H3,(H,40,41). The van der Waals surface area contributed by atoms with Gasteiger partial charge in [-0.25, -0.2) is 9.18 Å². The highest BCUT2D eigenvalue weighted by Gasteiger charge is 2.41. The lowest BCUT2D eigenvalue weighted by molar-refractivity contribution is -0.184. The van der Waals surface area contributed by atoms with Crippen molar-refractivity contribution in [2.45, 2.75) is 19.1 Å². The molecule has 5 rings (SSSR count). The van der Waals surface area contributed by atoms with E-state index in [1.165, 1.54) is 24.3 Å². The van der Waals surface area contributed by atoms with E-state index in [0.717, 1.165) is 18.0 Å². The second kappa shape index (κ2) is 10.7. The number of alkyl halides is 3. The molecule has 0 bridgehead atoms. The Morgan fingerprint density at radius 3 is 2.17 bits per heavy atom. The molecule has 2 heterocycles. The van der Waals surface area contributed by atoms with Crippen LogP contribution in [0.4, 0.5) is 17.6 Å². The molecule has 1 aliphatic heterocycles. The van der Waals surface area contributed by atoms with Gasteiger partial charge in [-0.3, -0.25) is 19.3 Å². The predicted octanol–water partition coefficient (Wildman–Crippen LogP) is 5.79. The lowest BCUT2D eigenvalue weighted by atomic mass is 9.98. The molecule has 0 unspecified atom stereocenters. The van der Waals surface area contributed by atoms with Gasteiger partial charge in [0, 0.05) is 31.2 Å². The van der Waals surface area contributed by atoms with Gasteiger partial charge in [0.25, 0.3) is 11.8 Å². The first-order chi connectivity index (χ1) is 19.8. The predicted molar refractivity (Wildman–Crippen MR) is 146 cm³/mol. The number of carbonyl (C=O) groups is 4. The molecule has 42 heavy (non-hydrogen) atoms. The molecular weight excluding hydrogens is 626 g/mol. The number of imide groups is 1. The molecule has 0 fully saturated rings. The Morgan fingerprint density at radius 1 is 1.02 bits per heavy atom. The van der Waals surface area contributed by atoms with Crippen molar-refractivity contribution >= 4 is 50.5 Å². The van der Waals surface area contributed by atoms with Crippen molar-refractivity contribution in [3.8, 4) is 11.3 Å². The molecule has 0 spiro atoms. The first-order valence-electron chi connectivity index (χ1n) is 12.4. The van der Waals surface area contributed by atoms with Crippen LogP contribution in [-0.4, -0.2) is 63.3 Å². The first kappa shape index (κ1) is 29.0. The van der Waals surface area contributed by atoms with Gasteiger partial charge in [0.15, 0.2) is 0 Å². The number of carboxylic acids is 1. The van der Waals surface area contributed by atoms with E-state index in [0.29, 0.717) is 27.3 Å². The maximum Gasteiger partial charge on any atom is 0.471 e. The molecule has 2 N–H and O–H groups in total. The fourth-order valence-corrected chi connectivity index (χ4v) is 5.46. The number of benzene rings is 3. The fourth-order valence-electron chi connectivity index (χ4n) is 5.05. The van der Waals surface area contributed by atoms with Gasteiger partial charge in [-0.05, 0) is 57.2 Å². The zero-order valence-corrected chi connectivity index (χ0v) is 23.3. The summed E-state index contributed by atoms with van der Waals surface area (Å²) < 4.78 is 53.0. The van der Waals surface area contributed by atoms with E-state index in [1.54, 1.807) is 24.3 Å². The summed E-state index contributed by atoms with van der Waals surface area (Å²) in [6.45, 7) is -0.430. The van der Waals surface area contributed by atoms with Crippen molar-refractivity contribution < 1.29 is 41.8 Å². The Bertz CT molecular complexity index is 1750. The smallest absolute Gasteiger partial charge is 0.471 e. The second-order valence-electron chi connectivity index (χ2n) is 9.67. The SMILES string of the molecule is CN(Cc1ccc(-c2[nH]c3c(Br)c(F)cc(C(=O)O)c3c2CCN2C(=O)c3ccccc3C2=O)cc1)C(=O)C(F)(F)F.